The van der Waals surface area contributed by atoms with Gasteiger partial charge in [0.25, 0.3) is 0 Å². The highest BCUT2D eigenvalue weighted by molar-refractivity contribution is 5.66. The molecule has 0 unspecified atom stereocenters. The minimum atomic E-state index is -0.667. The molecule has 0 saturated carbocycles. The first-order chi connectivity index (χ1) is 16.8. The molecule has 0 atom stereocenters. The van der Waals surface area contributed by atoms with Gasteiger partial charge in [0, 0.05) is 19.3 Å². The number of rotatable bonds is 25. The first-order valence-electron chi connectivity index (χ1n) is 14.9. The van der Waals surface area contributed by atoms with Crippen LogP contribution >= 0.6 is 0 Å². The number of carboxylic acid groups (broad SMARTS) is 1. The SMILES string of the molecule is CCCCCCCCCCCCCCCCC#CC#CCCCCCCCCCCCC(=O)O. The molecule has 0 heterocycles. The van der Waals surface area contributed by atoms with Crippen LogP contribution in [0.1, 0.15) is 174 Å². The highest BCUT2D eigenvalue weighted by Gasteiger charge is 1.97. The van der Waals surface area contributed by atoms with Gasteiger partial charge in [0.1, 0.15) is 0 Å². The molecule has 0 aliphatic rings. The predicted octanol–water partition coefficient (Wildman–Crippen LogP) is 10.2. The number of carboxylic acids is 1. The van der Waals surface area contributed by atoms with Gasteiger partial charge in [-0.1, -0.05) is 147 Å². The fourth-order valence-corrected chi connectivity index (χ4v) is 4.35. The quantitative estimate of drug-likeness (QED) is 0.106. The average Bonchev–Trinajstić information content (AvgIpc) is 2.83. The van der Waals surface area contributed by atoms with E-state index in [1.54, 1.807) is 0 Å². The van der Waals surface area contributed by atoms with Gasteiger partial charge in [0.15, 0.2) is 0 Å². The lowest BCUT2D eigenvalue weighted by Gasteiger charge is -2.02. The molecule has 1 N–H and O–H groups in total. The lowest BCUT2D eigenvalue weighted by Crippen LogP contribution is -1.93. The van der Waals surface area contributed by atoms with Crippen LogP contribution in [0.25, 0.3) is 0 Å². The molecule has 2 heteroatoms. The van der Waals surface area contributed by atoms with Gasteiger partial charge in [-0.25, -0.2) is 0 Å². The van der Waals surface area contributed by atoms with Crippen molar-refractivity contribution in [1.29, 1.82) is 0 Å². The van der Waals surface area contributed by atoms with E-state index in [9.17, 15) is 4.79 Å². The molecule has 0 aromatic heterocycles. The maximum Gasteiger partial charge on any atom is 0.303 e. The van der Waals surface area contributed by atoms with E-state index in [0.717, 1.165) is 25.7 Å². The highest BCUT2D eigenvalue weighted by Crippen LogP contribution is 2.13. The zero-order valence-electron chi connectivity index (χ0n) is 22.7. The second-order valence-corrected chi connectivity index (χ2v) is 10.0. The van der Waals surface area contributed by atoms with Crippen LogP contribution in [0, 0.1) is 23.7 Å². The minimum Gasteiger partial charge on any atom is -0.481 e. The standard InChI is InChI=1S/C32H56O2/c1-2-3-4-5-6-7-8-9-10-11-12-13-14-15-16-17-18-19-20-21-22-23-24-25-26-27-28-29-30-31-32(33)34/h2-16,21-31H2,1H3,(H,33,34). The van der Waals surface area contributed by atoms with Crippen molar-refractivity contribution in [2.24, 2.45) is 0 Å². The number of hydrogen-bond donors (Lipinski definition) is 1. The Kier molecular flexibility index (Phi) is 28.4. The van der Waals surface area contributed by atoms with Crippen molar-refractivity contribution in [3.05, 3.63) is 0 Å². The lowest BCUT2D eigenvalue weighted by molar-refractivity contribution is -0.137. The summed E-state index contributed by atoms with van der Waals surface area (Å²) in [5.41, 5.74) is 0. The fourth-order valence-electron chi connectivity index (χ4n) is 4.35. The Morgan fingerprint density at radius 1 is 0.471 bits per heavy atom. The Balaban J connectivity index is 3.22. The van der Waals surface area contributed by atoms with E-state index in [4.69, 9.17) is 5.11 Å². The van der Waals surface area contributed by atoms with Gasteiger partial charge in [-0.3, -0.25) is 4.79 Å². The summed E-state index contributed by atoms with van der Waals surface area (Å²) >= 11 is 0. The van der Waals surface area contributed by atoms with Gasteiger partial charge < -0.3 is 5.11 Å². The van der Waals surface area contributed by atoms with Gasteiger partial charge >= 0.3 is 5.97 Å². The third-order valence-corrected chi connectivity index (χ3v) is 6.59. The summed E-state index contributed by atoms with van der Waals surface area (Å²) in [5.74, 6) is 11.8. The lowest BCUT2D eigenvalue weighted by atomic mass is 10.0. The molecule has 0 fully saturated rings. The van der Waals surface area contributed by atoms with Crippen LogP contribution < -0.4 is 0 Å². The van der Waals surface area contributed by atoms with Crippen LogP contribution in [-0.4, -0.2) is 11.1 Å². The van der Waals surface area contributed by atoms with Crippen LogP contribution in [-0.2, 0) is 4.79 Å². The first kappa shape index (κ1) is 32.6. The molecule has 0 rings (SSSR count). The fraction of sp³-hybridized carbons (Fsp3) is 0.844. The second-order valence-electron chi connectivity index (χ2n) is 10.0. The summed E-state index contributed by atoms with van der Waals surface area (Å²) in [6.45, 7) is 2.29. The molecule has 0 spiro atoms. The maximum absolute atomic E-state index is 10.4. The summed E-state index contributed by atoms with van der Waals surface area (Å²) in [4.78, 5) is 10.4. The van der Waals surface area contributed by atoms with E-state index < -0.39 is 5.97 Å². The topological polar surface area (TPSA) is 37.3 Å². The van der Waals surface area contributed by atoms with Crippen molar-refractivity contribution in [2.45, 2.75) is 174 Å². The first-order valence-corrected chi connectivity index (χ1v) is 14.9. The highest BCUT2D eigenvalue weighted by atomic mass is 16.4. The Morgan fingerprint density at radius 3 is 1.09 bits per heavy atom. The molecular weight excluding hydrogens is 416 g/mol. The van der Waals surface area contributed by atoms with Gasteiger partial charge in [-0.2, -0.15) is 0 Å². The zero-order chi connectivity index (χ0) is 24.8. The molecular formula is C32H56O2. The Bertz CT molecular complexity index is 543. The number of unbranched alkanes of at least 4 members (excludes halogenated alkanes) is 23. The summed E-state index contributed by atoms with van der Waals surface area (Å²) in [6, 6.07) is 0. The average molecular weight is 473 g/mol. The van der Waals surface area contributed by atoms with Crippen LogP contribution in [0.3, 0.4) is 0 Å². The minimum absolute atomic E-state index is 0.324. The van der Waals surface area contributed by atoms with E-state index >= 15 is 0 Å². The van der Waals surface area contributed by atoms with E-state index in [-0.39, 0.29) is 0 Å². The molecule has 2 nitrogen and oxygen atoms in total. The number of hydrogen-bond acceptors (Lipinski definition) is 1. The van der Waals surface area contributed by atoms with Crippen molar-refractivity contribution >= 4 is 5.97 Å². The van der Waals surface area contributed by atoms with Crippen molar-refractivity contribution < 1.29 is 9.90 Å². The molecule has 196 valence electrons. The van der Waals surface area contributed by atoms with Crippen LogP contribution in [0.5, 0.6) is 0 Å². The van der Waals surface area contributed by atoms with Gasteiger partial charge in [0.05, 0.1) is 0 Å². The number of aliphatic carboxylic acids is 1. The van der Waals surface area contributed by atoms with Crippen molar-refractivity contribution in [3.8, 4) is 23.7 Å². The Labute approximate surface area is 213 Å². The third kappa shape index (κ3) is 30.6. The van der Waals surface area contributed by atoms with Crippen molar-refractivity contribution in [2.75, 3.05) is 0 Å². The predicted molar refractivity (Wildman–Crippen MR) is 149 cm³/mol. The molecule has 0 aromatic rings. The van der Waals surface area contributed by atoms with Crippen LogP contribution in [0.15, 0.2) is 0 Å². The molecule has 0 aliphatic heterocycles. The number of carbonyl (C=O) groups is 1. The van der Waals surface area contributed by atoms with Crippen LogP contribution in [0.2, 0.25) is 0 Å². The van der Waals surface area contributed by atoms with Crippen molar-refractivity contribution in [3.63, 3.8) is 0 Å². The molecule has 0 aliphatic carbocycles. The Morgan fingerprint density at radius 2 is 0.765 bits per heavy atom. The summed E-state index contributed by atoms with van der Waals surface area (Å²) in [6.07, 6.45) is 32.5. The molecule has 0 radical (unpaired) electrons. The Hall–Kier alpha value is -1.41. The second kappa shape index (κ2) is 29.6. The molecule has 0 bridgehead atoms. The third-order valence-electron chi connectivity index (χ3n) is 6.59. The largest absolute Gasteiger partial charge is 0.481 e. The van der Waals surface area contributed by atoms with E-state index in [1.807, 2.05) is 0 Å². The van der Waals surface area contributed by atoms with Gasteiger partial charge in [-0.05, 0) is 31.1 Å². The van der Waals surface area contributed by atoms with E-state index in [2.05, 4.69) is 30.6 Å². The van der Waals surface area contributed by atoms with Gasteiger partial charge in [-0.15, -0.1) is 0 Å². The van der Waals surface area contributed by atoms with E-state index in [1.165, 1.54) is 135 Å². The maximum atomic E-state index is 10.4. The van der Waals surface area contributed by atoms with E-state index in [0.29, 0.717) is 6.42 Å². The zero-order valence-corrected chi connectivity index (χ0v) is 22.7. The normalized spacial score (nSPS) is 10.4. The molecule has 0 amide bonds. The molecule has 0 saturated heterocycles. The monoisotopic (exact) mass is 472 g/mol. The summed E-state index contributed by atoms with van der Waals surface area (Å²) < 4.78 is 0. The van der Waals surface area contributed by atoms with Crippen LogP contribution in [0.4, 0.5) is 0 Å². The molecule has 0 aromatic carbocycles. The summed E-state index contributed by atoms with van der Waals surface area (Å²) in [7, 11) is 0. The van der Waals surface area contributed by atoms with Crippen molar-refractivity contribution in [1.82, 2.24) is 0 Å². The summed E-state index contributed by atoms with van der Waals surface area (Å²) in [5, 5.41) is 8.60. The molecule has 34 heavy (non-hydrogen) atoms. The van der Waals surface area contributed by atoms with Gasteiger partial charge in [0.2, 0.25) is 0 Å². The smallest absolute Gasteiger partial charge is 0.303 e.